The lowest BCUT2D eigenvalue weighted by Gasteiger charge is -2.02. The Labute approximate surface area is 107 Å². The standard InChI is InChI=1S/C10H10N6O3/c1-12-10(17)6-4-5-15(14-6)8-3-2-7(16(18)19)9(11)13-8/h2-5H,1H3,(H2,11,13)(H,12,17). The minimum absolute atomic E-state index is 0.209. The molecule has 0 aliphatic heterocycles. The first-order chi connectivity index (χ1) is 9.02. The van der Waals surface area contributed by atoms with Crippen molar-refractivity contribution in [3.63, 3.8) is 0 Å². The molecule has 0 fully saturated rings. The van der Waals surface area contributed by atoms with Gasteiger partial charge >= 0.3 is 5.69 Å². The van der Waals surface area contributed by atoms with Crippen molar-refractivity contribution in [3.8, 4) is 5.82 Å². The van der Waals surface area contributed by atoms with E-state index in [1.807, 2.05) is 0 Å². The summed E-state index contributed by atoms with van der Waals surface area (Å²) < 4.78 is 1.31. The summed E-state index contributed by atoms with van der Waals surface area (Å²) in [7, 11) is 1.49. The van der Waals surface area contributed by atoms with Crippen LogP contribution in [-0.2, 0) is 0 Å². The molecule has 0 aromatic carbocycles. The van der Waals surface area contributed by atoms with Gasteiger partial charge in [-0.25, -0.2) is 9.67 Å². The van der Waals surface area contributed by atoms with E-state index in [4.69, 9.17) is 5.73 Å². The second-order valence-corrected chi connectivity index (χ2v) is 3.56. The van der Waals surface area contributed by atoms with Crippen LogP contribution in [0.25, 0.3) is 5.82 Å². The lowest BCUT2D eigenvalue weighted by molar-refractivity contribution is -0.384. The Kier molecular flexibility index (Phi) is 3.10. The molecule has 3 N–H and O–H groups in total. The van der Waals surface area contributed by atoms with E-state index in [1.54, 1.807) is 0 Å². The van der Waals surface area contributed by atoms with Gasteiger partial charge in [0.2, 0.25) is 5.82 Å². The molecule has 0 saturated carbocycles. The quantitative estimate of drug-likeness (QED) is 0.596. The molecule has 0 atom stereocenters. The molecule has 0 spiro atoms. The third-order valence-electron chi connectivity index (χ3n) is 2.37. The second-order valence-electron chi connectivity index (χ2n) is 3.56. The summed E-state index contributed by atoms with van der Waals surface area (Å²) in [5.74, 6) is -0.258. The van der Waals surface area contributed by atoms with Crippen LogP contribution in [0.15, 0.2) is 24.4 Å². The summed E-state index contributed by atoms with van der Waals surface area (Å²) in [4.78, 5) is 25.2. The van der Waals surface area contributed by atoms with E-state index in [0.717, 1.165) is 0 Å². The Bertz CT molecular complexity index is 650. The van der Waals surface area contributed by atoms with Crippen LogP contribution in [0.3, 0.4) is 0 Å². The SMILES string of the molecule is CNC(=O)c1ccn(-c2ccc([N+](=O)[O-])c(N)n2)n1. The van der Waals surface area contributed by atoms with Crippen molar-refractivity contribution in [1.29, 1.82) is 0 Å². The Morgan fingerprint density at radius 3 is 2.79 bits per heavy atom. The molecule has 9 heteroatoms. The number of rotatable bonds is 3. The largest absolute Gasteiger partial charge is 0.378 e. The number of hydrogen-bond donors (Lipinski definition) is 2. The fraction of sp³-hybridized carbons (Fsp3) is 0.100. The van der Waals surface area contributed by atoms with Crippen molar-refractivity contribution in [2.24, 2.45) is 0 Å². The number of carbonyl (C=O) groups is 1. The third-order valence-corrected chi connectivity index (χ3v) is 2.37. The zero-order valence-corrected chi connectivity index (χ0v) is 9.90. The fourth-order valence-corrected chi connectivity index (χ4v) is 1.44. The van der Waals surface area contributed by atoms with Gasteiger partial charge in [-0.3, -0.25) is 14.9 Å². The Balaban J connectivity index is 2.37. The predicted molar refractivity (Wildman–Crippen MR) is 65.8 cm³/mol. The average molecular weight is 262 g/mol. The number of aromatic nitrogens is 3. The molecular formula is C10H10N6O3. The van der Waals surface area contributed by atoms with Crippen LogP contribution in [0.1, 0.15) is 10.5 Å². The second kappa shape index (κ2) is 4.72. The molecule has 19 heavy (non-hydrogen) atoms. The van der Waals surface area contributed by atoms with Gasteiger partial charge in [-0.05, 0) is 12.1 Å². The van der Waals surface area contributed by atoms with Crippen molar-refractivity contribution >= 4 is 17.4 Å². The van der Waals surface area contributed by atoms with Crippen LogP contribution in [0.5, 0.6) is 0 Å². The molecular weight excluding hydrogens is 252 g/mol. The number of anilines is 1. The fourth-order valence-electron chi connectivity index (χ4n) is 1.44. The van der Waals surface area contributed by atoms with Gasteiger partial charge in [0.25, 0.3) is 5.91 Å². The van der Waals surface area contributed by atoms with Gasteiger partial charge < -0.3 is 11.1 Å². The molecule has 0 unspecified atom stereocenters. The first-order valence-electron chi connectivity index (χ1n) is 5.22. The van der Waals surface area contributed by atoms with Crippen LogP contribution in [0.4, 0.5) is 11.5 Å². The molecule has 2 rings (SSSR count). The van der Waals surface area contributed by atoms with E-state index in [-0.39, 0.29) is 23.1 Å². The van der Waals surface area contributed by atoms with Crippen molar-refractivity contribution in [2.45, 2.75) is 0 Å². The van der Waals surface area contributed by atoms with Gasteiger partial charge in [0, 0.05) is 19.3 Å². The highest BCUT2D eigenvalue weighted by Crippen LogP contribution is 2.20. The molecule has 2 aromatic heterocycles. The number of nitro groups is 1. The highest BCUT2D eigenvalue weighted by atomic mass is 16.6. The number of hydrogen-bond acceptors (Lipinski definition) is 6. The molecule has 1 amide bonds. The molecule has 2 aromatic rings. The Morgan fingerprint density at radius 2 is 2.21 bits per heavy atom. The summed E-state index contributed by atoms with van der Waals surface area (Å²) in [6, 6.07) is 4.13. The highest BCUT2D eigenvalue weighted by molar-refractivity contribution is 5.91. The minimum atomic E-state index is -0.620. The maximum absolute atomic E-state index is 11.3. The van der Waals surface area contributed by atoms with E-state index in [1.165, 1.54) is 36.1 Å². The summed E-state index contributed by atoms with van der Waals surface area (Å²) in [5.41, 5.74) is 5.41. The summed E-state index contributed by atoms with van der Waals surface area (Å²) in [5, 5.41) is 17.0. The van der Waals surface area contributed by atoms with Crippen molar-refractivity contribution in [2.75, 3.05) is 12.8 Å². The van der Waals surface area contributed by atoms with Crippen LogP contribution in [0.2, 0.25) is 0 Å². The Morgan fingerprint density at radius 1 is 1.47 bits per heavy atom. The van der Waals surface area contributed by atoms with Crippen molar-refractivity contribution < 1.29 is 9.72 Å². The predicted octanol–water partition coefficient (Wildman–Crippen LogP) is 0.117. The van der Waals surface area contributed by atoms with Gasteiger partial charge in [0.1, 0.15) is 0 Å². The van der Waals surface area contributed by atoms with E-state index in [2.05, 4.69) is 15.4 Å². The first-order valence-corrected chi connectivity index (χ1v) is 5.22. The molecule has 9 nitrogen and oxygen atoms in total. The topological polar surface area (TPSA) is 129 Å². The van der Waals surface area contributed by atoms with E-state index in [9.17, 15) is 14.9 Å². The molecule has 98 valence electrons. The zero-order valence-electron chi connectivity index (χ0n) is 9.90. The van der Waals surface area contributed by atoms with E-state index >= 15 is 0 Å². The minimum Gasteiger partial charge on any atom is -0.378 e. The third kappa shape index (κ3) is 2.34. The van der Waals surface area contributed by atoms with Crippen molar-refractivity contribution in [3.05, 3.63) is 40.2 Å². The van der Waals surface area contributed by atoms with Crippen LogP contribution in [0, 0.1) is 10.1 Å². The monoisotopic (exact) mass is 262 g/mol. The normalized spacial score (nSPS) is 10.2. The summed E-state index contributed by atoms with van der Waals surface area (Å²) in [6.45, 7) is 0. The number of amides is 1. The number of nitrogens with zero attached hydrogens (tertiary/aromatic N) is 4. The van der Waals surface area contributed by atoms with Crippen LogP contribution in [-0.4, -0.2) is 32.6 Å². The van der Waals surface area contributed by atoms with Gasteiger partial charge in [0.05, 0.1) is 4.92 Å². The maximum atomic E-state index is 11.3. The van der Waals surface area contributed by atoms with Crippen LogP contribution >= 0.6 is 0 Å². The van der Waals surface area contributed by atoms with Gasteiger partial charge in [0.15, 0.2) is 11.5 Å². The lowest BCUT2D eigenvalue weighted by Crippen LogP contribution is -2.18. The number of pyridine rings is 1. The smallest absolute Gasteiger partial charge is 0.311 e. The number of nitrogen functional groups attached to an aromatic ring is 1. The number of carbonyl (C=O) groups excluding carboxylic acids is 1. The molecule has 0 aliphatic rings. The van der Waals surface area contributed by atoms with Crippen molar-refractivity contribution in [1.82, 2.24) is 20.1 Å². The van der Waals surface area contributed by atoms with Crippen LogP contribution < -0.4 is 11.1 Å². The summed E-state index contributed by atoms with van der Waals surface area (Å²) in [6.07, 6.45) is 1.51. The molecule has 0 bridgehead atoms. The molecule has 0 saturated heterocycles. The first kappa shape index (κ1) is 12.5. The number of nitrogens with one attached hydrogen (secondary N) is 1. The molecule has 0 aliphatic carbocycles. The zero-order chi connectivity index (χ0) is 14.0. The Hall–Kier alpha value is -2.97. The molecule has 2 heterocycles. The van der Waals surface area contributed by atoms with Gasteiger partial charge in [-0.1, -0.05) is 0 Å². The van der Waals surface area contributed by atoms with Gasteiger partial charge in [-0.15, -0.1) is 0 Å². The highest BCUT2D eigenvalue weighted by Gasteiger charge is 2.14. The lowest BCUT2D eigenvalue weighted by atomic mass is 10.4. The van der Waals surface area contributed by atoms with E-state index < -0.39 is 4.92 Å². The molecule has 0 radical (unpaired) electrons. The van der Waals surface area contributed by atoms with Gasteiger partial charge in [-0.2, -0.15) is 5.10 Å². The number of nitrogens with two attached hydrogens (primary N) is 1. The maximum Gasteiger partial charge on any atom is 0.311 e. The van der Waals surface area contributed by atoms with E-state index in [0.29, 0.717) is 5.82 Å². The summed E-state index contributed by atoms with van der Waals surface area (Å²) >= 11 is 0. The average Bonchev–Trinajstić information content (AvgIpc) is 2.86.